The van der Waals surface area contributed by atoms with Crippen molar-refractivity contribution >= 4 is 17.1 Å². The first-order valence-electron chi connectivity index (χ1n) is 10.9. The van der Waals surface area contributed by atoms with E-state index in [0.29, 0.717) is 0 Å². The van der Waals surface area contributed by atoms with Crippen molar-refractivity contribution in [3.8, 4) is 0 Å². The van der Waals surface area contributed by atoms with Crippen molar-refractivity contribution in [2.45, 2.75) is 97.8 Å². The van der Waals surface area contributed by atoms with Crippen molar-refractivity contribution in [2.24, 2.45) is 0 Å². The normalized spacial score (nSPS) is 12.0. The number of hydrogen-bond acceptors (Lipinski definition) is 2. The predicted molar refractivity (Wildman–Crippen MR) is 113 cm³/mol. The van der Waals surface area contributed by atoms with E-state index in [2.05, 4.69) is 43.1 Å². The summed E-state index contributed by atoms with van der Waals surface area (Å²) in [4.78, 5) is 2.65. The Morgan fingerprint density at radius 2 is 1.20 bits per heavy atom. The van der Waals surface area contributed by atoms with Gasteiger partial charge in [0, 0.05) is 13.1 Å². The Labute approximate surface area is 156 Å². The van der Waals surface area contributed by atoms with Crippen LogP contribution >= 0.6 is 0 Å². The van der Waals surface area contributed by atoms with Gasteiger partial charge >= 0.3 is 0 Å². The average Bonchev–Trinajstić information content (AvgIpc) is 3.41. The highest BCUT2D eigenvalue weighted by Gasteiger charge is 2.25. The molecule has 0 spiro atoms. The first-order chi connectivity index (χ1) is 12.3. The van der Waals surface area contributed by atoms with Crippen molar-refractivity contribution < 1.29 is 0 Å². The largest absolute Gasteiger partial charge is 0.370 e. The highest BCUT2D eigenvalue weighted by molar-refractivity contribution is 6.01. The summed E-state index contributed by atoms with van der Waals surface area (Å²) in [5.74, 6) is 0. The van der Waals surface area contributed by atoms with Crippen molar-refractivity contribution in [1.82, 2.24) is 0 Å². The van der Waals surface area contributed by atoms with Crippen LogP contribution in [-0.4, -0.2) is 13.1 Å². The Bertz CT molecular complexity index is 479. The van der Waals surface area contributed by atoms with Crippen LogP contribution in [0.1, 0.15) is 96.5 Å². The quantitative estimate of drug-likeness (QED) is 0.266. The third-order valence-electron chi connectivity index (χ3n) is 5.48. The lowest BCUT2D eigenvalue weighted by molar-refractivity contribution is 0.575. The molecule has 0 bridgehead atoms. The number of benzene rings is 1. The number of unbranched alkanes of at least 4 members (excludes halogenated alkanes) is 10. The van der Waals surface area contributed by atoms with Crippen LogP contribution in [0.2, 0.25) is 0 Å². The van der Waals surface area contributed by atoms with E-state index in [-0.39, 0.29) is 0 Å². The molecule has 0 radical (unpaired) electrons. The minimum atomic E-state index is 1.22. The molecule has 2 rings (SSSR count). The molecule has 0 saturated heterocycles. The van der Waals surface area contributed by atoms with Gasteiger partial charge in [0.2, 0.25) is 0 Å². The fourth-order valence-corrected chi connectivity index (χ4v) is 3.73. The number of nitrogens with one attached hydrogen (secondary N) is 1. The summed E-state index contributed by atoms with van der Waals surface area (Å²) in [6, 6.07) is 4.62. The van der Waals surface area contributed by atoms with Gasteiger partial charge < -0.3 is 10.2 Å². The summed E-state index contributed by atoms with van der Waals surface area (Å²) < 4.78 is 0. The van der Waals surface area contributed by atoms with E-state index in [4.69, 9.17) is 0 Å². The molecule has 1 aromatic rings. The van der Waals surface area contributed by atoms with Crippen molar-refractivity contribution in [1.29, 1.82) is 0 Å². The molecule has 0 amide bonds. The number of nitrogens with zero attached hydrogens (tertiary/aromatic N) is 1. The molecule has 1 heterocycles. The summed E-state index contributed by atoms with van der Waals surface area (Å²) in [6.07, 6.45) is 16.6. The van der Waals surface area contributed by atoms with E-state index in [9.17, 15) is 0 Å². The summed E-state index contributed by atoms with van der Waals surface area (Å²) in [5, 5.41) is 3.50. The van der Waals surface area contributed by atoms with E-state index >= 15 is 0 Å². The van der Waals surface area contributed by atoms with Gasteiger partial charge in [-0.1, -0.05) is 84.1 Å². The fraction of sp³-hybridized carbons (Fsp3) is 0.739. The lowest BCUT2D eigenvalue weighted by Gasteiger charge is -2.25. The molecular formula is C23H40N2. The van der Waals surface area contributed by atoms with Crippen LogP contribution in [0.5, 0.6) is 0 Å². The fourth-order valence-electron chi connectivity index (χ4n) is 3.73. The van der Waals surface area contributed by atoms with Gasteiger partial charge in [0.1, 0.15) is 0 Å². The molecule has 0 saturated carbocycles. The molecule has 2 heteroatoms. The molecule has 1 aliphatic heterocycles. The average molecular weight is 345 g/mol. The van der Waals surface area contributed by atoms with Gasteiger partial charge in [0.05, 0.1) is 17.1 Å². The predicted octanol–water partition coefficient (Wildman–Crippen LogP) is 7.58. The first kappa shape index (κ1) is 20.1. The van der Waals surface area contributed by atoms with Crippen LogP contribution in [-0.2, 0) is 0 Å². The minimum Gasteiger partial charge on any atom is -0.370 e. The third-order valence-corrected chi connectivity index (χ3v) is 5.48. The molecule has 0 unspecified atom stereocenters. The molecule has 2 nitrogen and oxygen atoms in total. The number of fused-ring (bicyclic) bond motifs is 1. The first-order valence-corrected chi connectivity index (χ1v) is 10.9. The summed E-state index contributed by atoms with van der Waals surface area (Å²) >= 11 is 0. The zero-order valence-corrected chi connectivity index (χ0v) is 17.0. The standard InChI is InChI=1S/C23H40N2/c1-4-6-8-10-12-14-18-25(19-15-13-11-9-7-5-2)21-17-16-20(3)22-23(21)24-22/h16-17,24H,4-15,18-19H2,1-3H3. The highest BCUT2D eigenvalue weighted by atomic mass is 15.2. The maximum absolute atomic E-state index is 3.50. The maximum Gasteiger partial charge on any atom is 0.0864 e. The number of anilines is 3. The second-order valence-corrected chi connectivity index (χ2v) is 7.80. The van der Waals surface area contributed by atoms with Crippen LogP contribution in [0, 0.1) is 6.92 Å². The molecular weight excluding hydrogens is 304 g/mol. The molecule has 1 aromatic carbocycles. The topological polar surface area (TPSA) is 25.2 Å². The monoisotopic (exact) mass is 344 g/mol. The van der Waals surface area contributed by atoms with E-state index in [0.717, 1.165) is 0 Å². The van der Waals surface area contributed by atoms with Crippen LogP contribution in [0.25, 0.3) is 0 Å². The Hall–Kier alpha value is -1.18. The summed E-state index contributed by atoms with van der Waals surface area (Å²) in [6.45, 7) is 9.23. The second-order valence-electron chi connectivity index (χ2n) is 7.80. The molecule has 0 fully saturated rings. The van der Waals surface area contributed by atoms with Crippen molar-refractivity contribution in [3.63, 3.8) is 0 Å². The van der Waals surface area contributed by atoms with E-state index in [1.807, 2.05) is 0 Å². The van der Waals surface area contributed by atoms with Crippen molar-refractivity contribution in [2.75, 3.05) is 23.3 Å². The van der Waals surface area contributed by atoms with Gasteiger partial charge in [-0.25, -0.2) is 0 Å². The van der Waals surface area contributed by atoms with E-state index in [1.165, 1.54) is 113 Å². The Morgan fingerprint density at radius 3 is 1.76 bits per heavy atom. The van der Waals surface area contributed by atoms with Crippen LogP contribution in [0.4, 0.5) is 17.1 Å². The SMILES string of the molecule is CCCCCCCCN(CCCCCCCC)c1ccc(C)c2c1N2. The minimum absolute atomic E-state index is 1.22. The van der Waals surface area contributed by atoms with Gasteiger partial charge in [-0.2, -0.15) is 0 Å². The van der Waals surface area contributed by atoms with E-state index < -0.39 is 0 Å². The molecule has 0 aliphatic carbocycles. The second kappa shape index (κ2) is 11.4. The van der Waals surface area contributed by atoms with Gasteiger partial charge in [0.15, 0.2) is 0 Å². The van der Waals surface area contributed by atoms with Gasteiger partial charge in [-0.3, -0.25) is 0 Å². The number of rotatable bonds is 15. The van der Waals surface area contributed by atoms with Gasteiger partial charge in [-0.15, -0.1) is 0 Å². The van der Waals surface area contributed by atoms with Gasteiger partial charge in [0.25, 0.3) is 0 Å². The van der Waals surface area contributed by atoms with Crippen LogP contribution in [0.3, 0.4) is 0 Å². The van der Waals surface area contributed by atoms with Crippen LogP contribution < -0.4 is 10.2 Å². The summed E-state index contributed by atoms with van der Waals surface area (Å²) in [7, 11) is 0. The maximum atomic E-state index is 3.50. The number of hydrogen-bond donors (Lipinski definition) is 1. The van der Waals surface area contributed by atoms with Gasteiger partial charge in [-0.05, 0) is 31.4 Å². The van der Waals surface area contributed by atoms with E-state index in [1.54, 1.807) is 0 Å². The highest BCUT2D eigenvalue weighted by Crippen LogP contribution is 2.49. The summed E-state index contributed by atoms with van der Waals surface area (Å²) in [5.41, 5.74) is 5.62. The lowest BCUT2D eigenvalue weighted by atomic mass is 10.1. The Balaban J connectivity index is 1.77. The molecule has 0 atom stereocenters. The smallest absolute Gasteiger partial charge is 0.0864 e. The molecule has 1 N–H and O–H groups in total. The Kier molecular flexibility index (Phi) is 9.21. The zero-order valence-electron chi connectivity index (χ0n) is 17.0. The molecule has 0 aromatic heterocycles. The molecule has 25 heavy (non-hydrogen) atoms. The molecule has 142 valence electrons. The Morgan fingerprint density at radius 1 is 0.680 bits per heavy atom. The number of aryl methyl sites for hydroxylation is 1. The molecule has 1 aliphatic rings. The lowest BCUT2D eigenvalue weighted by Crippen LogP contribution is -2.25. The zero-order chi connectivity index (χ0) is 17.9. The van der Waals surface area contributed by atoms with Crippen LogP contribution in [0.15, 0.2) is 12.1 Å². The van der Waals surface area contributed by atoms with Crippen molar-refractivity contribution in [3.05, 3.63) is 17.7 Å². The third kappa shape index (κ3) is 6.92.